The summed E-state index contributed by atoms with van der Waals surface area (Å²) in [5, 5.41) is 10.4. The molecule has 4 N–H and O–H groups in total. The van der Waals surface area contributed by atoms with Gasteiger partial charge >= 0.3 is 0 Å². The lowest BCUT2D eigenvalue weighted by molar-refractivity contribution is 0.0776. The van der Waals surface area contributed by atoms with E-state index in [1.54, 1.807) is 6.07 Å². The first-order chi connectivity index (χ1) is 8.72. The van der Waals surface area contributed by atoms with Crippen LogP contribution in [0, 0.1) is 0 Å². The van der Waals surface area contributed by atoms with E-state index >= 15 is 0 Å². The average Bonchev–Trinajstić information content (AvgIpc) is 3.11. The Morgan fingerprint density at radius 1 is 1.56 bits per heavy atom. The number of H-pyrrole nitrogens is 1. The van der Waals surface area contributed by atoms with E-state index in [-0.39, 0.29) is 11.4 Å². The Kier molecular flexibility index (Phi) is 2.83. The molecule has 0 saturated carbocycles. The quantitative estimate of drug-likeness (QED) is 0.679. The van der Waals surface area contributed by atoms with Crippen LogP contribution in [0.4, 0.5) is 0 Å². The molecule has 1 amide bonds. The molecule has 3 rings (SSSR count). The van der Waals surface area contributed by atoms with Crippen molar-refractivity contribution < 1.29 is 4.79 Å². The molecule has 2 fully saturated rings. The predicted molar refractivity (Wildman–Crippen MR) is 67.0 cm³/mol. The summed E-state index contributed by atoms with van der Waals surface area (Å²) in [6, 6.07) is 1.75. The van der Waals surface area contributed by atoms with Gasteiger partial charge < -0.3 is 16.0 Å². The molecule has 2 saturated heterocycles. The van der Waals surface area contributed by atoms with Crippen molar-refractivity contribution in [2.75, 3.05) is 19.6 Å². The molecule has 0 radical (unpaired) electrons. The topological polar surface area (TPSA) is 87.0 Å². The number of aromatic amines is 1. The van der Waals surface area contributed by atoms with Crippen LogP contribution in [0.15, 0.2) is 6.07 Å². The molecule has 0 aliphatic carbocycles. The van der Waals surface area contributed by atoms with E-state index in [0.717, 1.165) is 31.7 Å². The van der Waals surface area contributed by atoms with Gasteiger partial charge in [0.15, 0.2) is 0 Å². The van der Waals surface area contributed by atoms with Gasteiger partial charge in [0.25, 0.3) is 5.91 Å². The Balaban J connectivity index is 1.70. The lowest BCUT2D eigenvalue weighted by Crippen LogP contribution is -2.43. The van der Waals surface area contributed by atoms with E-state index in [9.17, 15) is 4.79 Å². The summed E-state index contributed by atoms with van der Waals surface area (Å²) >= 11 is 0. The van der Waals surface area contributed by atoms with Crippen molar-refractivity contribution in [3.05, 3.63) is 17.5 Å². The molecule has 1 atom stereocenters. The highest BCUT2D eigenvalue weighted by Crippen LogP contribution is 2.30. The maximum atomic E-state index is 12.3. The van der Waals surface area contributed by atoms with E-state index in [1.165, 1.54) is 12.8 Å². The number of nitrogens with two attached hydrogens (primary N) is 1. The smallest absolute Gasteiger partial charge is 0.274 e. The first kappa shape index (κ1) is 11.7. The minimum Gasteiger partial charge on any atom is -0.335 e. The molecular weight excluding hydrogens is 230 g/mol. The fourth-order valence-corrected chi connectivity index (χ4v) is 3.00. The fourth-order valence-electron chi connectivity index (χ4n) is 3.00. The molecule has 98 valence electrons. The number of aromatic nitrogens is 2. The Labute approximate surface area is 106 Å². The van der Waals surface area contributed by atoms with Gasteiger partial charge in [-0.25, -0.2) is 0 Å². The summed E-state index contributed by atoms with van der Waals surface area (Å²) in [6.07, 6.45) is 3.43. The van der Waals surface area contributed by atoms with Gasteiger partial charge in [-0.3, -0.25) is 9.89 Å². The number of likely N-dealkylation sites (tertiary alicyclic amines) is 1. The molecule has 1 spiro atoms. The summed E-state index contributed by atoms with van der Waals surface area (Å²) in [5.41, 5.74) is 6.95. The largest absolute Gasteiger partial charge is 0.335 e. The zero-order valence-electron chi connectivity index (χ0n) is 10.4. The van der Waals surface area contributed by atoms with Gasteiger partial charge in [-0.1, -0.05) is 0 Å². The lowest BCUT2D eigenvalue weighted by Gasteiger charge is -2.23. The molecule has 1 aromatic rings. The standard InChI is InChI=1S/C12H19N5O/c13-7-9-6-10(16-15-9)11(18)17-5-3-12(8-17)2-1-4-14-12/h6,14H,1-5,7-8,13H2,(H,15,16). The zero-order valence-corrected chi connectivity index (χ0v) is 10.4. The second-order valence-electron chi connectivity index (χ2n) is 5.27. The molecule has 1 unspecified atom stereocenters. The summed E-state index contributed by atoms with van der Waals surface area (Å²) < 4.78 is 0. The molecular formula is C12H19N5O. The highest BCUT2D eigenvalue weighted by molar-refractivity contribution is 5.92. The van der Waals surface area contributed by atoms with Gasteiger partial charge in [-0.05, 0) is 31.9 Å². The molecule has 2 aliphatic rings. The molecule has 6 heteroatoms. The monoisotopic (exact) mass is 249 g/mol. The van der Waals surface area contributed by atoms with Gasteiger partial charge in [0.05, 0.1) is 0 Å². The van der Waals surface area contributed by atoms with Crippen LogP contribution in [0.5, 0.6) is 0 Å². The van der Waals surface area contributed by atoms with Crippen molar-refractivity contribution in [1.82, 2.24) is 20.4 Å². The van der Waals surface area contributed by atoms with Crippen LogP contribution in [-0.4, -0.2) is 46.2 Å². The van der Waals surface area contributed by atoms with Crippen LogP contribution in [0.3, 0.4) is 0 Å². The normalized spacial score (nSPS) is 27.3. The Hall–Kier alpha value is -1.40. The summed E-state index contributed by atoms with van der Waals surface area (Å²) in [4.78, 5) is 14.2. The van der Waals surface area contributed by atoms with Crippen molar-refractivity contribution in [3.63, 3.8) is 0 Å². The maximum Gasteiger partial charge on any atom is 0.274 e. The molecule has 18 heavy (non-hydrogen) atoms. The highest BCUT2D eigenvalue weighted by Gasteiger charge is 2.42. The van der Waals surface area contributed by atoms with Crippen molar-refractivity contribution in [1.29, 1.82) is 0 Å². The van der Waals surface area contributed by atoms with Crippen molar-refractivity contribution in [3.8, 4) is 0 Å². The fraction of sp³-hybridized carbons (Fsp3) is 0.667. The number of hydrogen-bond donors (Lipinski definition) is 3. The summed E-state index contributed by atoms with van der Waals surface area (Å²) in [6.45, 7) is 3.07. The lowest BCUT2D eigenvalue weighted by atomic mass is 9.97. The van der Waals surface area contributed by atoms with Crippen LogP contribution in [0.25, 0.3) is 0 Å². The average molecular weight is 249 g/mol. The molecule has 6 nitrogen and oxygen atoms in total. The third kappa shape index (κ3) is 1.91. The summed E-state index contributed by atoms with van der Waals surface area (Å²) in [5.74, 6) is 0.0107. The Morgan fingerprint density at radius 2 is 2.44 bits per heavy atom. The van der Waals surface area contributed by atoms with Gasteiger partial charge in [-0.2, -0.15) is 5.10 Å². The molecule has 3 heterocycles. The third-order valence-corrected chi connectivity index (χ3v) is 4.04. The third-order valence-electron chi connectivity index (χ3n) is 4.04. The Bertz CT molecular complexity index is 449. The number of carbonyl (C=O) groups is 1. The Morgan fingerprint density at radius 3 is 3.11 bits per heavy atom. The van der Waals surface area contributed by atoms with Crippen molar-refractivity contribution in [2.45, 2.75) is 31.3 Å². The second kappa shape index (κ2) is 4.37. The van der Waals surface area contributed by atoms with Gasteiger partial charge in [0.2, 0.25) is 0 Å². The molecule has 0 bridgehead atoms. The van der Waals surface area contributed by atoms with Crippen molar-refractivity contribution >= 4 is 5.91 Å². The minimum absolute atomic E-state index is 0.0107. The minimum atomic E-state index is 0.0107. The van der Waals surface area contributed by atoms with Crippen LogP contribution in [0.2, 0.25) is 0 Å². The second-order valence-corrected chi connectivity index (χ2v) is 5.27. The SMILES string of the molecule is NCc1cc(C(=O)N2CCC3(CCCN3)C2)n[nH]1. The van der Waals surface area contributed by atoms with Crippen LogP contribution >= 0.6 is 0 Å². The zero-order chi connectivity index (χ0) is 12.6. The first-order valence-electron chi connectivity index (χ1n) is 6.51. The molecule has 1 aromatic heterocycles. The van der Waals surface area contributed by atoms with E-state index in [4.69, 9.17) is 5.73 Å². The van der Waals surface area contributed by atoms with Crippen LogP contribution in [-0.2, 0) is 6.54 Å². The number of carbonyl (C=O) groups excluding carboxylic acids is 1. The van der Waals surface area contributed by atoms with Gasteiger partial charge in [0, 0.05) is 30.9 Å². The van der Waals surface area contributed by atoms with E-state index < -0.39 is 0 Å². The van der Waals surface area contributed by atoms with Crippen LogP contribution < -0.4 is 11.1 Å². The van der Waals surface area contributed by atoms with Crippen LogP contribution in [0.1, 0.15) is 35.4 Å². The first-order valence-corrected chi connectivity index (χ1v) is 6.51. The molecule has 0 aromatic carbocycles. The van der Waals surface area contributed by atoms with Crippen molar-refractivity contribution in [2.24, 2.45) is 5.73 Å². The van der Waals surface area contributed by atoms with E-state index in [1.807, 2.05) is 4.90 Å². The number of rotatable bonds is 2. The number of hydrogen-bond acceptors (Lipinski definition) is 4. The number of nitrogens with one attached hydrogen (secondary N) is 2. The summed E-state index contributed by atoms with van der Waals surface area (Å²) in [7, 11) is 0. The van der Waals surface area contributed by atoms with E-state index in [0.29, 0.717) is 12.2 Å². The van der Waals surface area contributed by atoms with Gasteiger partial charge in [0.1, 0.15) is 5.69 Å². The number of nitrogens with zero attached hydrogens (tertiary/aromatic N) is 2. The number of amides is 1. The van der Waals surface area contributed by atoms with E-state index in [2.05, 4.69) is 15.5 Å². The van der Waals surface area contributed by atoms with Gasteiger partial charge in [-0.15, -0.1) is 0 Å². The highest BCUT2D eigenvalue weighted by atomic mass is 16.2. The predicted octanol–water partition coefficient (Wildman–Crippen LogP) is -0.163. The maximum absolute atomic E-state index is 12.3. The molecule has 2 aliphatic heterocycles.